The monoisotopic (exact) mass is 318 g/mol. The zero-order chi connectivity index (χ0) is 16.9. The summed E-state index contributed by atoms with van der Waals surface area (Å²) in [5, 5.41) is 12.5. The second-order valence-corrected chi connectivity index (χ2v) is 7.58. The minimum atomic E-state index is -0.280. The van der Waals surface area contributed by atoms with E-state index in [0.717, 1.165) is 24.9 Å². The maximum Gasteiger partial charge on any atom is 0.220 e. The van der Waals surface area contributed by atoms with Gasteiger partial charge in [0.1, 0.15) is 5.75 Å². The lowest BCUT2D eigenvalue weighted by molar-refractivity contribution is -0.123. The SMILES string of the molecule is CN1CCCC(CCC(=O)NC(C)(C)Cc2ccc(O)cc2)C1. The first-order chi connectivity index (χ1) is 10.8. The summed E-state index contributed by atoms with van der Waals surface area (Å²) in [6.07, 6.45) is 4.83. The largest absolute Gasteiger partial charge is 0.508 e. The highest BCUT2D eigenvalue weighted by atomic mass is 16.3. The number of nitrogens with zero attached hydrogens (tertiary/aromatic N) is 1. The van der Waals surface area contributed by atoms with Gasteiger partial charge in [-0.25, -0.2) is 0 Å². The highest BCUT2D eigenvalue weighted by Gasteiger charge is 2.23. The third kappa shape index (κ3) is 6.22. The maximum atomic E-state index is 12.3. The van der Waals surface area contributed by atoms with Crippen molar-refractivity contribution in [1.82, 2.24) is 10.2 Å². The predicted molar refractivity (Wildman–Crippen MR) is 93.5 cm³/mol. The van der Waals surface area contributed by atoms with E-state index in [1.807, 2.05) is 26.0 Å². The molecule has 1 atom stereocenters. The molecule has 1 saturated heterocycles. The van der Waals surface area contributed by atoms with Crippen LogP contribution in [0.15, 0.2) is 24.3 Å². The number of amides is 1. The molecule has 1 heterocycles. The lowest BCUT2D eigenvalue weighted by Crippen LogP contribution is -2.45. The van der Waals surface area contributed by atoms with Gasteiger partial charge in [-0.15, -0.1) is 0 Å². The van der Waals surface area contributed by atoms with Crippen molar-refractivity contribution >= 4 is 5.91 Å². The molecular weight excluding hydrogens is 288 g/mol. The van der Waals surface area contributed by atoms with Crippen molar-refractivity contribution in [2.75, 3.05) is 20.1 Å². The van der Waals surface area contributed by atoms with Gasteiger partial charge in [0.05, 0.1) is 0 Å². The number of carbonyl (C=O) groups is 1. The zero-order valence-corrected chi connectivity index (χ0v) is 14.6. The van der Waals surface area contributed by atoms with E-state index in [0.29, 0.717) is 12.3 Å². The topological polar surface area (TPSA) is 52.6 Å². The molecule has 128 valence electrons. The summed E-state index contributed by atoms with van der Waals surface area (Å²) in [6.45, 7) is 6.39. The first-order valence-corrected chi connectivity index (χ1v) is 8.61. The fourth-order valence-corrected chi connectivity index (χ4v) is 3.45. The van der Waals surface area contributed by atoms with Gasteiger partial charge < -0.3 is 15.3 Å². The van der Waals surface area contributed by atoms with Crippen LogP contribution in [-0.2, 0) is 11.2 Å². The number of rotatable bonds is 6. The summed E-state index contributed by atoms with van der Waals surface area (Å²) in [5.41, 5.74) is 0.833. The van der Waals surface area contributed by atoms with E-state index in [-0.39, 0.29) is 17.2 Å². The molecule has 1 aromatic rings. The van der Waals surface area contributed by atoms with E-state index in [2.05, 4.69) is 17.3 Å². The van der Waals surface area contributed by atoms with Crippen molar-refractivity contribution < 1.29 is 9.90 Å². The Hall–Kier alpha value is -1.55. The average molecular weight is 318 g/mol. The Morgan fingerprint density at radius 3 is 2.70 bits per heavy atom. The molecule has 4 heteroatoms. The van der Waals surface area contributed by atoms with Crippen molar-refractivity contribution in [1.29, 1.82) is 0 Å². The van der Waals surface area contributed by atoms with Crippen molar-refractivity contribution in [3.8, 4) is 5.75 Å². The number of phenolic OH excluding ortho intramolecular Hbond substituents is 1. The summed E-state index contributed by atoms with van der Waals surface area (Å²) in [7, 11) is 2.16. The standard InChI is InChI=1S/C19H30N2O2/c1-19(2,13-15-6-9-17(22)10-7-15)20-18(23)11-8-16-5-4-12-21(3)14-16/h6-7,9-10,16,22H,4-5,8,11-14H2,1-3H3,(H,20,23). The van der Waals surface area contributed by atoms with Gasteiger partial charge in [0.2, 0.25) is 5.91 Å². The molecule has 0 saturated carbocycles. The second kappa shape index (κ2) is 7.82. The molecule has 0 aromatic heterocycles. The summed E-state index contributed by atoms with van der Waals surface area (Å²) < 4.78 is 0. The first-order valence-electron chi connectivity index (χ1n) is 8.61. The van der Waals surface area contributed by atoms with Crippen LogP contribution in [0, 0.1) is 5.92 Å². The highest BCUT2D eigenvalue weighted by molar-refractivity contribution is 5.76. The number of hydrogen-bond donors (Lipinski definition) is 2. The Labute approximate surface area is 139 Å². The van der Waals surface area contributed by atoms with Crippen LogP contribution in [0.3, 0.4) is 0 Å². The zero-order valence-electron chi connectivity index (χ0n) is 14.6. The van der Waals surface area contributed by atoms with E-state index in [1.165, 1.54) is 19.4 Å². The first kappa shape index (κ1) is 17.8. The van der Waals surface area contributed by atoms with Crippen LogP contribution in [0.1, 0.15) is 45.1 Å². The Balaban J connectivity index is 1.77. The molecule has 1 aliphatic heterocycles. The molecule has 1 fully saturated rings. The summed E-state index contributed by atoms with van der Waals surface area (Å²) in [4.78, 5) is 14.6. The fraction of sp³-hybridized carbons (Fsp3) is 0.632. The third-order valence-corrected chi connectivity index (χ3v) is 4.56. The quantitative estimate of drug-likeness (QED) is 0.848. The molecule has 2 rings (SSSR count). The molecule has 1 aliphatic rings. The van der Waals surface area contributed by atoms with Crippen LogP contribution in [0.4, 0.5) is 0 Å². The number of piperidine rings is 1. The summed E-state index contributed by atoms with van der Waals surface area (Å²) >= 11 is 0. The molecular formula is C19H30N2O2. The number of aromatic hydroxyl groups is 1. The molecule has 4 nitrogen and oxygen atoms in total. The predicted octanol–water partition coefficient (Wildman–Crippen LogP) is 2.95. The molecule has 0 aliphatic carbocycles. The summed E-state index contributed by atoms with van der Waals surface area (Å²) in [5.74, 6) is 1.06. The maximum absolute atomic E-state index is 12.3. The van der Waals surface area contributed by atoms with Crippen LogP contribution in [0.5, 0.6) is 5.75 Å². The van der Waals surface area contributed by atoms with Crippen molar-refractivity contribution in [2.45, 2.75) is 51.5 Å². The van der Waals surface area contributed by atoms with Crippen molar-refractivity contribution in [3.05, 3.63) is 29.8 Å². The number of benzene rings is 1. The van der Waals surface area contributed by atoms with Crippen LogP contribution in [0.2, 0.25) is 0 Å². The van der Waals surface area contributed by atoms with Gasteiger partial charge in [0, 0.05) is 18.5 Å². The van der Waals surface area contributed by atoms with E-state index < -0.39 is 0 Å². The van der Waals surface area contributed by atoms with Gasteiger partial charge in [-0.05, 0) is 76.7 Å². The smallest absolute Gasteiger partial charge is 0.220 e. The van der Waals surface area contributed by atoms with Gasteiger partial charge >= 0.3 is 0 Å². The van der Waals surface area contributed by atoms with E-state index in [4.69, 9.17) is 0 Å². The normalized spacial score (nSPS) is 19.5. The van der Waals surface area contributed by atoms with Crippen LogP contribution < -0.4 is 5.32 Å². The molecule has 0 spiro atoms. The number of likely N-dealkylation sites (tertiary alicyclic amines) is 1. The number of carbonyl (C=O) groups excluding carboxylic acids is 1. The van der Waals surface area contributed by atoms with Crippen molar-refractivity contribution in [3.63, 3.8) is 0 Å². The Bertz CT molecular complexity index is 511. The molecule has 1 aromatic carbocycles. The number of hydrogen-bond acceptors (Lipinski definition) is 3. The molecule has 0 bridgehead atoms. The summed E-state index contributed by atoms with van der Waals surface area (Å²) in [6, 6.07) is 7.18. The van der Waals surface area contributed by atoms with E-state index in [9.17, 15) is 9.90 Å². The molecule has 1 amide bonds. The lowest BCUT2D eigenvalue weighted by atomic mass is 9.92. The van der Waals surface area contributed by atoms with Gasteiger partial charge in [0.25, 0.3) is 0 Å². The Morgan fingerprint density at radius 1 is 1.35 bits per heavy atom. The Kier molecular flexibility index (Phi) is 6.05. The Morgan fingerprint density at radius 2 is 2.04 bits per heavy atom. The van der Waals surface area contributed by atoms with Crippen molar-refractivity contribution in [2.24, 2.45) is 5.92 Å². The fourth-order valence-electron chi connectivity index (χ4n) is 3.45. The molecule has 23 heavy (non-hydrogen) atoms. The van der Waals surface area contributed by atoms with E-state index in [1.54, 1.807) is 12.1 Å². The molecule has 0 radical (unpaired) electrons. The van der Waals surface area contributed by atoms with Gasteiger partial charge in [-0.2, -0.15) is 0 Å². The average Bonchev–Trinajstić information content (AvgIpc) is 2.47. The number of nitrogens with one attached hydrogen (secondary N) is 1. The van der Waals surface area contributed by atoms with Gasteiger partial charge in [-0.1, -0.05) is 12.1 Å². The van der Waals surface area contributed by atoms with Crippen LogP contribution in [-0.4, -0.2) is 41.6 Å². The minimum Gasteiger partial charge on any atom is -0.508 e. The van der Waals surface area contributed by atoms with Crippen LogP contribution >= 0.6 is 0 Å². The minimum absolute atomic E-state index is 0.141. The second-order valence-electron chi connectivity index (χ2n) is 7.58. The molecule has 1 unspecified atom stereocenters. The van der Waals surface area contributed by atoms with Gasteiger partial charge in [-0.3, -0.25) is 4.79 Å². The number of phenols is 1. The highest BCUT2D eigenvalue weighted by Crippen LogP contribution is 2.21. The van der Waals surface area contributed by atoms with Crippen LogP contribution in [0.25, 0.3) is 0 Å². The lowest BCUT2D eigenvalue weighted by Gasteiger charge is -2.30. The van der Waals surface area contributed by atoms with Gasteiger partial charge in [0.15, 0.2) is 0 Å². The third-order valence-electron chi connectivity index (χ3n) is 4.56. The van der Waals surface area contributed by atoms with E-state index >= 15 is 0 Å². The molecule has 2 N–H and O–H groups in total.